The Morgan fingerprint density at radius 2 is 2.00 bits per heavy atom. The van der Waals surface area contributed by atoms with Crippen molar-refractivity contribution in [3.05, 3.63) is 0 Å². The fourth-order valence-corrected chi connectivity index (χ4v) is 2.82. The number of nitrogens with zero attached hydrogens (tertiary/aromatic N) is 1. The van der Waals surface area contributed by atoms with Gasteiger partial charge in [-0.3, -0.25) is 4.90 Å². The summed E-state index contributed by atoms with van der Waals surface area (Å²) in [6, 6.07) is -0.101. The average Bonchev–Trinajstić information content (AvgIpc) is 2.31. The second-order valence-corrected chi connectivity index (χ2v) is 5.31. The van der Waals surface area contributed by atoms with Gasteiger partial charge in [0, 0.05) is 25.7 Å². The van der Waals surface area contributed by atoms with Crippen molar-refractivity contribution >= 4 is 0 Å². The van der Waals surface area contributed by atoms with E-state index in [1.807, 2.05) is 0 Å². The molecule has 4 heteroatoms. The first-order valence-electron chi connectivity index (χ1n) is 6.74. The second kappa shape index (κ2) is 8.03. The van der Waals surface area contributed by atoms with E-state index < -0.39 is 0 Å². The van der Waals surface area contributed by atoms with Gasteiger partial charge in [-0.1, -0.05) is 19.3 Å². The number of ether oxygens (including phenoxy) is 1. The summed E-state index contributed by atoms with van der Waals surface area (Å²) < 4.78 is 5.06. The fourth-order valence-electron chi connectivity index (χ4n) is 2.82. The van der Waals surface area contributed by atoms with E-state index in [1.54, 1.807) is 7.11 Å². The summed E-state index contributed by atoms with van der Waals surface area (Å²) >= 11 is 0. The standard InChI is InChI=1S/C13H28N2O2/c1-15(8-11-6-4-3-5-7-11)13(9-16)12(14)10-17-2/h11-13,16H,3-10,14H2,1-2H3. The molecular weight excluding hydrogens is 216 g/mol. The smallest absolute Gasteiger partial charge is 0.0629 e. The topological polar surface area (TPSA) is 58.7 Å². The molecule has 1 aliphatic carbocycles. The van der Waals surface area contributed by atoms with Crippen molar-refractivity contribution in [1.82, 2.24) is 4.90 Å². The Balaban J connectivity index is 2.38. The molecule has 1 fully saturated rings. The Labute approximate surface area is 105 Å². The van der Waals surface area contributed by atoms with Crippen LogP contribution in [0.3, 0.4) is 0 Å². The number of hydrogen-bond donors (Lipinski definition) is 2. The SMILES string of the molecule is COCC(N)C(CO)N(C)CC1CCCCC1. The van der Waals surface area contributed by atoms with Gasteiger partial charge in [0.1, 0.15) is 0 Å². The molecule has 0 aromatic rings. The first kappa shape index (κ1) is 14.9. The van der Waals surface area contributed by atoms with E-state index in [0.29, 0.717) is 6.61 Å². The molecule has 1 aliphatic rings. The van der Waals surface area contributed by atoms with Crippen molar-refractivity contribution in [2.45, 2.75) is 44.2 Å². The van der Waals surface area contributed by atoms with E-state index in [2.05, 4.69) is 11.9 Å². The molecule has 0 aromatic heterocycles. The lowest BCUT2D eigenvalue weighted by atomic mass is 9.88. The minimum Gasteiger partial charge on any atom is -0.395 e. The van der Waals surface area contributed by atoms with Crippen LogP contribution in [0.15, 0.2) is 0 Å². The van der Waals surface area contributed by atoms with E-state index in [0.717, 1.165) is 12.5 Å². The van der Waals surface area contributed by atoms with Crippen molar-refractivity contribution < 1.29 is 9.84 Å². The number of aliphatic hydroxyl groups is 1. The Morgan fingerprint density at radius 3 is 2.53 bits per heavy atom. The Bertz CT molecular complexity index is 196. The van der Waals surface area contributed by atoms with Crippen LogP contribution in [-0.2, 0) is 4.74 Å². The summed E-state index contributed by atoms with van der Waals surface area (Å²) in [4.78, 5) is 2.21. The molecule has 0 radical (unpaired) electrons. The Morgan fingerprint density at radius 1 is 1.35 bits per heavy atom. The molecular formula is C13H28N2O2. The molecule has 17 heavy (non-hydrogen) atoms. The monoisotopic (exact) mass is 244 g/mol. The van der Waals surface area contributed by atoms with E-state index in [-0.39, 0.29) is 18.7 Å². The van der Waals surface area contributed by atoms with Crippen LogP contribution in [-0.4, -0.2) is 56.0 Å². The van der Waals surface area contributed by atoms with Crippen LogP contribution < -0.4 is 5.73 Å². The van der Waals surface area contributed by atoms with Gasteiger partial charge in [0.25, 0.3) is 0 Å². The van der Waals surface area contributed by atoms with Crippen molar-refractivity contribution in [3.63, 3.8) is 0 Å². The zero-order valence-corrected chi connectivity index (χ0v) is 11.3. The molecule has 0 aliphatic heterocycles. The molecule has 2 atom stereocenters. The third kappa shape index (κ3) is 4.92. The van der Waals surface area contributed by atoms with Crippen LogP contribution in [0.5, 0.6) is 0 Å². The van der Waals surface area contributed by atoms with Crippen LogP contribution in [0.25, 0.3) is 0 Å². The van der Waals surface area contributed by atoms with Crippen LogP contribution >= 0.6 is 0 Å². The number of methoxy groups -OCH3 is 1. The average molecular weight is 244 g/mol. The predicted octanol–water partition coefficient (Wildman–Crippen LogP) is 0.833. The van der Waals surface area contributed by atoms with Gasteiger partial charge in [0.15, 0.2) is 0 Å². The maximum atomic E-state index is 9.45. The summed E-state index contributed by atoms with van der Waals surface area (Å²) in [6.07, 6.45) is 6.73. The van der Waals surface area contributed by atoms with Crippen LogP contribution in [0.1, 0.15) is 32.1 Å². The fraction of sp³-hybridized carbons (Fsp3) is 1.00. The molecule has 0 amide bonds. The highest BCUT2D eigenvalue weighted by molar-refractivity contribution is 4.81. The van der Waals surface area contributed by atoms with Gasteiger partial charge in [-0.25, -0.2) is 0 Å². The third-order valence-corrected chi connectivity index (χ3v) is 3.88. The molecule has 102 valence electrons. The highest BCUT2D eigenvalue weighted by Crippen LogP contribution is 2.24. The molecule has 3 N–H and O–H groups in total. The highest BCUT2D eigenvalue weighted by Gasteiger charge is 2.24. The summed E-state index contributed by atoms with van der Waals surface area (Å²) in [7, 11) is 3.71. The van der Waals surface area contributed by atoms with Crippen LogP contribution in [0, 0.1) is 5.92 Å². The molecule has 0 saturated heterocycles. The normalized spacial score (nSPS) is 21.7. The zero-order chi connectivity index (χ0) is 12.7. The zero-order valence-electron chi connectivity index (χ0n) is 11.3. The first-order valence-corrected chi connectivity index (χ1v) is 6.74. The van der Waals surface area contributed by atoms with Gasteiger partial charge in [0.2, 0.25) is 0 Å². The molecule has 0 heterocycles. The molecule has 1 saturated carbocycles. The van der Waals surface area contributed by atoms with Gasteiger partial charge in [-0.15, -0.1) is 0 Å². The number of rotatable bonds is 7. The van der Waals surface area contributed by atoms with Crippen molar-refractivity contribution in [1.29, 1.82) is 0 Å². The molecule has 0 spiro atoms. The molecule has 2 unspecified atom stereocenters. The predicted molar refractivity (Wildman–Crippen MR) is 69.9 cm³/mol. The summed E-state index contributed by atoms with van der Waals surface area (Å²) in [5, 5.41) is 9.45. The van der Waals surface area contributed by atoms with Gasteiger partial charge >= 0.3 is 0 Å². The lowest BCUT2D eigenvalue weighted by molar-refractivity contribution is 0.0725. The van der Waals surface area contributed by atoms with Crippen molar-refractivity contribution in [3.8, 4) is 0 Å². The third-order valence-electron chi connectivity index (χ3n) is 3.88. The van der Waals surface area contributed by atoms with E-state index in [9.17, 15) is 5.11 Å². The minimum atomic E-state index is -0.112. The quantitative estimate of drug-likeness (QED) is 0.696. The van der Waals surface area contributed by atoms with Crippen molar-refractivity contribution in [2.75, 3.05) is 33.9 Å². The van der Waals surface area contributed by atoms with E-state index in [1.165, 1.54) is 32.1 Å². The molecule has 4 nitrogen and oxygen atoms in total. The molecule has 0 aromatic carbocycles. The summed E-state index contributed by atoms with van der Waals surface area (Å²) in [5.74, 6) is 0.776. The molecule has 1 rings (SSSR count). The summed E-state index contributed by atoms with van der Waals surface area (Å²) in [6.45, 7) is 1.65. The minimum absolute atomic E-state index is 0.0110. The van der Waals surface area contributed by atoms with Gasteiger partial charge in [-0.2, -0.15) is 0 Å². The second-order valence-electron chi connectivity index (χ2n) is 5.31. The summed E-state index contributed by atoms with van der Waals surface area (Å²) in [5.41, 5.74) is 6.02. The Hall–Kier alpha value is -0.160. The van der Waals surface area contributed by atoms with Gasteiger partial charge < -0.3 is 15.6 Å². The van der Waals surface area contributed by atoms with Gasteiger partial charge in [-0.05, 0) is 25.8 Å². The van der Waals surface area contributed by atoms with E-state index >= 15 is 0 Å². The van der Waals surface area contributed by atoms with Gasteiger partial charge in [0.05, 0.1) is 13.2 Å². The number of nitrogens with two attached hydrogens (primary N) is 1. The van der Waals surface area contributed by atoms with E-state index in [4.69, 9.17) is 10.5 Å². The largest absolute Gasteiger partial charge is 0.395 e. The lowest BCUT2D eigenvalue weighted by Gasteiger charge is -2.34. The number of likely N-dealkylation sites (N-methyl/N-ethyl adjacent to an activating group) is 1. The first-order chi connectivity index (χ1) is 8.19. The Kier molecular flexibility index (Phi) is 7.04. The van der Waals surface area contributed by atoms with Crippen molar-refractivity contribution in [2.24, 2.45) is 11.7 Å². The molecule has 0 bridgehead atoms. The van der Waals surface area contributed by atoms with Crippen LogP contribution in [0.2, 0.25) is 0 Å². The highest BCUT2D eigenvalue weighted by atomic mass is 16.5. The number of hydrogen-bond acceptors (Lipinski definition) is 4. The maximum absolute atomic E-state index is 9.45. The lowest BCUT2D eigenvalue weighted by Crippen LogP contribution is -2.51. The van der Waals surface area contributed by atoms with Crippen LogP contribution in [0.4, 0.5) is 0 Å². The number of aliphatic hydroxyl groups excluding tert-OH is 1. The maximum Gasteiger partial charge on any atom is 0.0629 e.